The molecule has 1 atom stereocenters. The largest absolute Gasteiger partial charge is 0.324 e. The third-order valence-corrected chi connectivity index (χ3v) is 3.67. The highest BCUT2D eigenvalue weighted by Crippen LogP contribution is 2.26. The quantitative estimate of drug-likeness (QED) is 0.874. The fraction of sp³-hybridized carbons (Fsp3) is 0.200. The summed E-state index contributed by atoms with van der Waals surface area (Å²) in [6.07, 6.45) is 0.444. The van der Waals surface area contributed by atoms with Crippen LogP contribution in [0.1, 0.15) is 22.7 Å². The summed E-state index contributed by atoms with van der Waals surface area (Å²) in [4.78, 5) is 0. The molecule has 0 saturated carbocycles. The van der Waals surface area contributed by atoms with E-state index in [9.17, 15) is 4.39 Å². The Balaban J connectivity index is 2.28. The van der Waals surface area contributed by atoms with E-state index in [1.54, 1.807) is 43.3 Å². The average molecular weight is 298 g/mol. The molecule has 19 heavy (non-hydrogen) atoms. The third-order valence-electron chi connectivity index (χ3n) is 3.07. The minimum atomic E-state index is -0.448. The Hall–Kier alpha value is -1.09. The fourth-order valence-electron chi connectivity index (χ4n) is 2.00. The molecular formula is C15H14Cl2FN. The summed E-state index contributed by atoms with van der Waals surface area (Å²) in [6, 6.07) is 9.97. The lowest BCUT2D eigenvalue weighted by molar-refractivity contribution is 0.573. The molecule has 1 unspecified atom stereocenters. The van der Waals surface area contributed by atoms with Gasteiger partial charge in [-0.3, -0.25) is 0 Å². The molecule has 0 fully saturated rings. The molecule has 0 radical (unpaired) electrons. The number of hydrogen-bond acceptors (Lipinski definition) is 1. The molecule has 0 bridgehead atoms. The van der Waals surface area contributed by atoms with Gasteiger partial charge in [0.05, 0.1) is 0 Å². The number of benzene rings is 2. The van der Waals surface area contributed by atoms with Crippen LogP contribution in [0.15, 0.2) is 36.4 Å². The smallest absolute Gasteiger partial charge is 0.130 e. The zero-order valence-corrected chi connectivity index (χ0v) is 12.0. The maximum absolute atomic E-state index is 14.0. The van der Waals surface area contributed by atoms with Crippen molar-refractivity contribution < 1.29 is 4.39 Å². The number of nitrogens with two attached hydrogens (primary N) is 1. The lowest BCUT2D eigenvalue weighted by Gasteiger charge is -2.15. The first-order valence-electron chi connectivity index (χ1n) is 5.93. The summed E-state index contributed by atoms with van der Waals surface area (Å²) < 4.78 is 14.0. The molecule has 1 nitrogen and oxygen atoms in total. The first kappa shape index (κ1) is 14.3. The van der Waals surface area contributed by atoms with E-state index in [-0.39, 0.29) is 5.82 Å². The zero-order chi connectivity index (χ0) is 14.0. The van der Waals surface area contributed by atoms with Gasteiger partial charge in [0.15, 0.2) is 0 Å². The molecule has 0 aliphatic heterocycles. The maximum atomic E-state index is 14.0. The summed E-state index contributed by atoms with van der Waals surface area (Å²) in [5, 5.41) is 1.18. The van der Waals surface area contributed by atoms with Gasteiger partial charge in [-0.05, 0) is 42.7 Å². The average Bonchev–Trinajstić information content (AvgIpc) is 2.37. The van der Waals surface area contributed by atoms with Crippen LogP contribution in [-0.2, 0) is 6.42 Å². The summed E-state index contributed by atoms with van der Waals surface area (Å²) in [5.74, 6) is -0.256. The molecule has 0 aliphatic carbocycles. The summed E-state index contributed by atoms with van der Waals surface area (Å²) in [7, 11) is 0. The van der Waals surface area contributed by atoms with Crippen LogP contribution in [0.2, 0.25) is 10.0 Å². The van der Waals surface area contributed by atoms with Crippen LogP contribution in [0.5, 0.6) is 0 Å². The Labute approximate surface area is 122 Å². The van der Waals surface area contributed by atoms with Crippen molar-refractivity contribution in [2.24, 2.45) is 5.73 Å². The van der Waals surface area contributed by atoms with Crippen molar-refractivity contribution in [3.63, 3.8) is 0 Å². The molecule has 0 aromatic heterocycles. The third kappa shape index (κ3) is 3.27. The van der Waals surface area contributed by atoms with Gasteiger partial charge >= 0.3 is 0 Å². The fourth-order valence-corrected chi connectivity index (χ4v) is 2.39. The van der Waals surface area contributed by atoms with E-state index in [0.29, 0.717) is 27.6 Å². The summed E-state index contributed by atoms with van der Waals surface area (Å²) in [5.41, 5.74) is 7.98. The van der Waals surface area contributed by atoms with Gasteiger partial charge < -0.3 is 5.73 Å². The molecule has 2 N–H and O–H groups in total. The topological polar surface area (TPSA) is 26.0 Å². The first-order chi connectivity index (χ1) is 8.99. The lowest BCUT2D eigenvalue weighted by atomic mass is 9.97. The second-order valence-electron chi connectivity index (χ2n) is 4.52. The highest BCUT2D eigenvalue weighted by atomic mass is 35.5. The molecule has 2 aromatic carbocycles. The molecule has 0 amide bonds. The monoisotopic (exact) mass is 297 g/mol. The predicted octanol–water partition coefficient (Wildman–Crippen LogP) is 4.68. The van der Waals surface area contributed by atoms with Gasteiger partial charge in [0.2, 0.25) is 0 Å². The van der Waals surface area contributed by atoms with Crippen molar-refractivity contribution in [3.05, 3.63) is 69.0 Å². The van der Waals surface area contributed by atoms with Gasteiger partial charge in [-0.15, -0.1) is 0 Å². The molecule has 0 spiro atoms. The molecule has 0 aliphatic rings. The minimum Gasteiger partial charge on any atom is -0.324 e. The van der Waals surface area contributed by atoms with Gasteiger partial charge in [-0.25, -0.2) is 4.39 Å². The molecule has 4 heteroatoms. The van der Waals surface area contributed by atoms with Gasteiger partial charge in [0.25, 0.3) is 0 Å². The molecule has 2 aromatic rings. The molecule has 2 rings (SSSR count). The second kappa shape index (κ2) is 5.91. The standard InChI is InChI=1S/C15H14Cl2FN/c1-9-3-2-4-12(15(9)18)14(19)8-10-7-11(16)5-6-13(10)17/h2-7,14H,8,19H2,1H3. The lowest BCUT2D eigenvalue weighted by Crippen LogP contribution is -2.15. The highest BCUT2D eigenvalue weighted by molar-refractivity contribution is 6.33. The number of halogens is 3. The Morgan fingerprint density at radius 3 is 2.68 bits per heavy atom. The zero-order valence-electron chi connectivity index (χ0n) is 10.5. The molecule has 0 heterocycles. The highest BCUT2D eigenvalue weighted by Gasteiger charge is 2.15. The van der Waals surface area contributed by atoms with Crippen molar-refractivity contribution in [1.29, 1.82) is 0 Å². The predicted molar refractivity (Wildman–Crippen MR) is 78.2 cm³/mol. The first-order valence-corrected chi connectivity index (χ1v) is 6.69. The number of rotatable bonds is 3. The molecule has 100 valence electrons. The van der Waals surface area contributed by atoms with Crippen LogP contribution in [0.3, 0.4) is 0 Å². The summed E-state index contributed by atoms with van der Waals surface area (Å²) in [6.45, 7) is 1.72. The van der Waals surface area contributed by atoms with Crippen LogP contribution >= 0.6 is 23.2 Å². The van der Waals surface area contributed by atoms with E-state index >= 15 is 0 Å². The van der Waals surface area contributed by atoms with Gasteiger partial charge in [-0.2, -0.15) is 0 Å². The van der Waals surface area contributed by atoms with Crippen molar-refractivity contribution in [2.45, 2.75) is 19.4 Å². The van der Waals surface area contributed by atoms with Crippen molar-refractivity contribution in [2.75, 3.05) is 0 Å². The van der Waals surface area contributed by atoms with Crippen LogP contribution in [0, 0.1) is 12.7 Å². The van der Waals surface area contributed by atoms with Crippen LogP contribution in [0.4, 0.5) is 4.39 Å². The maximum Gasteiger partial charge on any atom is 0.130 e. The normalized spacial score (nSPS) is 12.5. The van der Waals surface area contributed by atoms with E-state index in [1.807, 2.05) is 0 Å². The molecule has 0 saturated heterocycles. The number of hydrogen-bond donors (Lipinski definition) is 1. The van der Waals surface area contributed by atoms with E-state index in [4.69, 9.17) is 28.9 Å². The van der Waals surface area contributed by atoms with E-state index in [2.05, 4.69) is 0 Å². The van der Waals surface area contributed by atoms with Gasteiger partial charge in [0.1, 0.15) is 5.82 Å². The van der Waals surface area contributed by atoms with Crippen molar-refractivity contribution in [1.82, 2.24) is 0 Å². The Kier molecular flexibility index (Phi) is 4.46. The SMILES string of the molecule is Cc1cccc(C(N)Cc2cc(Cl)ccc2Cl)c1F. The van der Waals surface area contributed by atoms with E-state index in [1.165, 1.54) is 0 Å². The van der Waals surface area contributed by atoms with E-state index < -0.39 is 6.04 Å². The number of aryl methyl sites for hydroxylation is 1. The van der Waals surface area contributed by atoms with Crippen LogP contribution in [-0.4, -0.2) is 0 Å². The van der Waals surface area contributed by atoms with E-state index in [0.717, 1.165) is 5.56 Å². The van der Waals surface area contributed by atoms with Gasteiger partial charge in [-0.1, -0.05) is 41.4 Å². The van der Waals surface area contributed by atoms with Gasteiger partial charge in [0, 0.05) is 21.7 Å². The summed E-state index contributed by atoms with van der Waals surface area (Å²) >= 11 is 12.0. The van der Waals surface area contributed by atoms with Crippen LogP contribution < -0.4 is 5.73 Å². The Morgan fingerprint density at radius 2 is 1.95 bits per heavy atom. The van der Waals surface area contributed by atoms with Crippen molar-refractivity contribution >= 4 is 23.2 Å². The second-order valence-corrected chi connectivity index (χ2v) is 5.37. The molecular weight excluding hydrogens is 284 g/mol. The Bertz CT molecular complexity index is 599. The van der Waals surface area contributed by atoms with Crippen molar-refractivity contribution in [3.8, 4) is 0 Å². The Morgan fingerprint density at radius 1 is 1.21 bits per heavy atom. The minimum absolute atomic E-state index is 0.256. The van der Waals surface area contributed by atoms with Crippen LogP contribution in [0.25, 0.3) is 0 Å².